The van der Waals surface area contributed by atoms with E-state index in [1.165, 1.54) is 43.4 Å². The Balaban J connectivity index is 1.80. The summed E-state index contributed by atoms with van der Waals surface area (Å²) in [5, 5.41) is 3.93. The lowest BCUT2D eigenvalue weighted by Crippen LogP contribution is -2.71. The summed E-state index contributed by atoms with van der Waals surface area (Å²) in [5.74, 6) is 0. The van der Waals surface area contributed by atoms with Gasteiger partial charge in [0.1, 0.15) is 0 Å². The van der Waals surface area contributed by atoms with Gasteiger partial charge in [-0.15, -0.1) is 0 Å². The molecule has 1 radical (unpaired) electrons. The Morgan fingerprint density at radius 1 is 0.395 bits per heavy atom. The predicted octanol–water partition coefficient (Wildman–Crippen LogP) is 3.72. The predicted molar refractivity (Wildman–Crippen MR) is 161 cm³/mol. The van der Waals surface area contributed by atoms with Gasteiger partial charge in [-0.05, 0) is 54.5 Å². The van der Waals surface area contributed by atoms with Gasteiger partial charge in [0.2, 0.25) is 0 Å². The molecule has 5 aromatic rings. The zero-order chi connectivity index (χ0) is 26.1. The van der Waals surface area contributed by atoms with Crippen LogP contribution in [0.25, 0.3) is 11.1 Å². The van der Waals surface area contributed by atoms with Crippen LogP contribution in [0, 0.1) is 5.54 Å². The van der Waals surface area contributed by atoms with Gasteiger partial charge in [0.25, 0.3) is 0 Å². The van der Waals surface area contributed by atoms with Crippen LogP contribution < -0.4 is 32.8 Å². The van der Waals surface area contributed by atoms with Gasteiger partial charge in [-0.3, -0.25) is 0 Å². The third-order valence-corrected chi connectivity index (χ3v) is 12.7. The summed E-state index contributed by atoms with van der Waals surface area (Å²) in [7, 11) is -2.89. The van der Waals surface area contributed by atoms with Crippen LogP contribution in [-0.2, 0) is 19.6 Å². The highest BCUT2D eigenvalue weighted by molar-refractivity contribution is 7.16. The molecule has 0 amide bonds. The van der Waals surface area contributed by atoms with Gasteiger partial charge in [-0.25, -0.2) is 0 Å². The van der Waals surface area contributed by atoms with E-state index in [9.17, 15) is 0 Å². The summed E-state index contributed by atoms with van der Waals surface area (Å²) in [6.07, 6.45) is 0. The standard InChI is InChI=1S/C34H32N3Si/c35-21-24-8-5-11-27(18-24)38(28-12-6-9-25(19-28)22-36,29-13-7-10-26(20-29)23-37)34-32-16-3-1-14-30(32)31-15-2-4-17-33(31)34/h1-20H,21-23,35-37H2. The number of hydrogen-bond acceptors (Lipinski definition) is 3. The highest BCUT2D eigenvalue weighted by Gasteiger charge is 2.52. The van der Waals surface area contributed by atoms with E-state index in [2.05, 4.69) is 121 Å². The number of fused-ring (bicyclic) bond motifs is 3. The number of rotatable bonds is 7. The van der Waals surface area contributed by atoms with Gasteiger partial charge in [-0.1, -0.05) is 121 Å². The maximum atomic E-state index is 6.21. The molecule has 0 spiro atoms. The van der Waals surface area contributed by atoms with E-state index in [4.69, 9.17) is 17.2 Å². The molecule has 0 aromatic heterocycles. The van der Waals surface area contributed by atoms with E-state index >= 15 is 0 Å². The molecule has 0 unspecified atom stereocenters. The molecule has 0 saturated carbocycles. The maximum Gasteiger partial charge on any atom is 0.164 e. The normalized spacial score (nSPS) is 12.8. The average molecular weight is 511 g/mol. The molecule has 0 atom stereocenters. The van der Waals surface area contributed by atoms with Crippen LogP contribution >= 0.6 is 0 Å². The summed E-state index contributed by atoms with van der Waals surface area (Å²) < 4.78 is 0. The van der Waals surface area contributed by atoms with Crippen molar-refractivity contribution in [2.75, 3.05) is 0 Å². The Kier molecular flexibility index (Phi) is 6.56. The first-order valence-electron chi connectivity index (χ1n) is 13.2. The monoisotopic (exact) mass is 510 g/mol. The molecule has 187 valence electrons. The van der Waals surface area contributed by atoms with Crippen molar-refractivity contribution >= 4 is 23.6 Å². The summed E-state index contributed by atoms with van der Waals surface area (Å²) in [5.41, 5.74) is 28.6. The molecule has 6 rings (SSSR count). The summed E-state index contributed by atoms with van der Waals surface area (Å²) in [6, 6.07) is 44.4. The van der Waals surface area contributed by atoms with Crippen molar-refractivity contribution in [2.45, 2.75) is 19.6 Å². The Bertz CT molecular complexity index is 1450. The fourth-order valence-corrected chi connectivity index (χ4v) is 11.5. The SMILES string of the molecule is NCc1cccc([Si]([C]2c3ccccc3-c3ccccc32)(c2cccc(CN)c2)c2cccc(CN)c2)c1. The van der Waals surface area contributed by atoms with Crippen LogP contribution in [0.1, 0.15) is 27.8 Å². The van der Waals surface area contributed by atoms with Crippen molar-refractivity contribution < 1.29 is 0 Å². The van der Waals surface area contributed by atoms with Gasteiger partial charge >= 0.3 is 0 Å². The zero-order valence-corrected chi connectivity index (χ0v) is 22.4. The molecule has 5 aromatic carbocycles. The maximum absolute atomic E-state index is 6.21. The largest absolute Gasteiger partial charge is 0.326 e. The molecule has 0 aliphatic heterocycles. The van der Waals surface area contributed by atoms with Crippen LogP contribution in [0.5, 0.6) is 0 Å². The molecule has 4 heteroatoms. The highest BCUT2D eigenvalue weighted by Crippen LogP contribution is 2.47. The third kappa shape index (κ3) is 3.85. The first-order chi connectivity index (χ1) is 18.7. The topological polar surface area (TPSA) is 78.1 Å². The Hall–Kier alpha value is -3.80. The second-order valence-electron chi connectivity index (χ2n) is 9.93. The quantitative estimate of drug-likeness (QED) is 0.231. The summed E-state index contributed by atoms with van der Waals surface area (Å²) >= 11 is 0. The first kappa shape index (κ1) is 24.5. The Labute approximate surface area is 226 Å². The van der Waals surface area contributed by atoms with Crippen molar-refractivity contribution in [1.82, 2.24) is 0 Å². The number of hydrogen-bond donors (Lipinski definition) is 3. The molecule has 0 fully saturated rings. The van der Waals surface area contributed by atoms with Crippen molar-refractivity contribution in [2.24, 2.45) is 17.2 Å². The lowest BCUT2D eigenvalue weighted by atomic mass is 10.1. The summed E-state index contributed by atoms with van der Waals surface area (Å²) in [4.78, 5) is 0. The third-order valence-electron chi connectivity index (χ3n) is 7.85. The lowest BCUT2D eigenvalue weighted by molar-refractivity contribution is 1.07. The second-order valence-corrected chi connectivity index (χ2v) is 13.7. The Morgan fingerprint density at radius 3 is 1.08 bits per heavy atom. The van der Waals surface area contributed by atoms with Crippen molar-refractivity contribution in [1.29, 1.82) is 0 Å². The smallest absolute Gasteiger partial charge is 0.164 e. The summed E-state index contributed by atoms with van der Waals surface area (Å²) in [6.45, 7) is 1.48. The van der Waals surface area contributed by atoms with E-state index < -0.39 is 8.07 Å². The van der Waals surface area contributed by atoms with Gasteiger partial charge in [0.05, 0.1) is 0 Å². The molecule has 1 aliphatic rings. The highest BCUT2D eigenvalue weighted by atomic mass is 28.3. The molecule has 38 heavy (non-hydrogen) atoms. The first-order valence-corrected chi connectivity index (χ1v) is 15.2. The van der Waals surface area contributed by atoms with E-state index in [0.717, 1.165) is 16.7 Å². The second kappa shape index (κ2) is 10.2. The van der Waals surface area contributed by atoms with Crippen LogP contribution in [0.4, 0.5) is 0 Å². The van der Waals surface area contributed by atoms with Gasteiger partial charge in [0.15, 0.2) is 8.07 Å². The van der Waals surface area contributed by atoms with Gasteiger partial charge < -0.3 is 17.2 Å². The zero-order valence-electron chi connectivity index (χ0n) is 21.4. The van der Waals surface area contributed by atoms with Crippen molar-refractivity contribution in [3.05, 3.63) is 155 Å². The number of benzene rings is 5. The molecular formula is C34H32N3Si. The van der Waals surface area contributed by atoms with E-state index in [0.29, 0.717) is 19.6 Å². The average Bonchev–Trinajstić information content (AvgIpc) is 3.33. The van der Waals surface area contributed by atoms with Crippen LogP contribution in [0.3, 0.4) is 0 Å². The molecule has 3 nitrogen and oxygen atoms in total. The molecule has 6 N–H and O–H groups in total. The fraction of sp³-hybridized carbons (Fsp3) is 0.0882. The van der Waals surface area contributed by atoms with E-state index in [-0.39, 0.29) is 0 Å². The van der Waals surface area contributed by atoms with Crippen LogP contribution in [0.2, 0.25) is 0 Å². The molecule has 0 bridgehead atoms. The molecule has 0 saturated heterocycles. The molecule has 1 aliphatic carbocycles. The van der Waals surface area contributed by atoms with Crippen LogP contribution in [-0.4, -0.2) is 8.07 Å². The van der Waals surface area contributed by atoms with Crippen LogP contribution in [0.15, 0.2) is 121 Å². The fourth-order valence-electron chi connectivity index (χ4n) is 6.15. The van der Waals surface area contributed by atoms with Gasteiger partial charge in [-0.2, -0.15) is 0 Å². The Morgan fingerprint density at radius 2 is 0.737 bits per heavy atom. The van der Waals surface area contributed by atoms with E-state index in [1.807, 2.05) is 0 Å². The minimum Gasteiger partial charge on any atom is -0.326 e. The number of nitrogens with two attached hydrogens (primary N) is 3. The van der Waals surface area contributed by atoms with E-state index in [1.54, 1.807) is 0 Å². The van der Waals surface area contributed by atoms with Crippen molar-refractivity contribution in [3.63, 3.8) is 0 Å². The van der Waals surface area contributed by atoms with Crippen molar-refractivity contribution in [3.8, 4) is 11.1 Å². The van der Waals surface area contributed by atoms with Gasteiger partial charge in [0, 0.05) is 25.2 Å². The molecule has 0 heterocycles. The molecular weight excluding hydrogens is 478 g/mol. The minimum absolute atomic E-state index is 0.493. The minimum atomic E-state index is -2.89. The lowest BCUT2D eigenvalue weighted by Gasteiger charge is -2.40.